The van der Waals surface area contributed by atoms with Crippen LogP contribution in [0.25, 0.3) is 0 Å². The number of carbonyl (C=O) groups excluding carboxylic acids is 2. The van der Waals surface area contributed by atoms with Gasteiger partial charge in [-0.25, -0.2) is 4.98 Å². The van der Waals surface area contributed by atoms with Crippen LogP contribution in [0.1, 0.15) is 40.7 Å². The molecule has 0 amide bonds. The van der Waals surface area contributed by atoms with Crippen LogP contribution in [0, 0.1) is 0 Å². The van der Waals surface area contributed by atoms with Crippen molar-refractivity contribution in [2.24, 2.45) is 0 Å². The Morgan fingerprint density at radius 1 is 1.24 bits per heavy atom. The SMILES string of the molecule is CCCCOc1cc(C(=O)Cl)nc(C(=O)Cl)c1. The van der Waals surface area contributed by atoms with Gasteiger partial charge >= 0.3 is 0 Å². The zero-order valence-corrected chi connectivity index (χ0v) is 10.7. The highest BCUT2D eigenvalue weighted by Gasteiger charge is 2.12. The van der Waals surface area contributed by atoms with Crippen molar-refractivity contribution in [3.05, 3.63) is 23.5 Å². The van der Waals surface area contributed by atoms with Crippen LogP contribution in [0.5, 0.6) is 5.75 Å². The van der Waals surface area contributed by atoms with E-state index in [0.29, 0.717) is 12.4 Å². The minimum atomic E-state index is -0.759. The molecule has 0 saturated carbocycles. The van der Waals surface area contributed by atoms with Crippen molar-refractivity contribution >= 4 is 33.7 Å². The minimum absolute atomic E-state index is 0.0512. The number of hydrogen-bond donors (Lipinski definition) is 0. The van der Waals surface area contributed by atoms with E-state index < -0.39 is 10.5 Å². The summed E-state index contributed by atoms with van der Waals surface area (Å²) in [4.78, 5) is 25.7. The lowest BCUT2D eigenvalue weighted by atomic mass is 10.3. The topological polar surface area (TPSA) is 56.3 Å². The largest absolute Gasteiger partial charge is 0.493 e. The first-order valence-electron chi connectivity index (χ1n) is 5.09. The van der Waals surface area contributed by atoms with Gasteiger partial charge in [0.2, 0.25) is 0 Å². The Hall–Kier alpha value is -1.13. The van der Waals surface area contributed by atoms with Gasteiger partial charge in [-0.1, -0.05) is 13.3 Å². The third-order valence-corrected chi connectivity index (χ3v) is 2.36. The van der Waals surface area contributed by atoms with E-state index >= 15 is 0 Å². The summed E-state index contributed by atoms with van der Waals surface area (Å²) in [7, 11) is 0. The molecule has 1 rings (SSSR count). The molecular weight excluding hydrogens is 265 g/mol. The monoisotopic (exact) mass is 275 g/mol. The molecule has 0 fully saturated rings. The van der Waals surface area contributed by atoms with Crippen molar-refractivity contribution in [1.82, 2.24) is 4.98 Å². The first-order valence-corrected chi connectivity index (χ1v) is 5.84. The van der Waals surface area contributed by atoms with E-state index in [-0.39, 0.29) is 11.4 Å². The standard InChI is InChI=1S/C11H11Cl2NO3/c1-2-3-4-17-7-5-8(10(12)15)14-9(6-7)11(13)16/h5-6H,2-4H2,1H3. The van der Waals surface area contributed by atoms with E-state index in [1.807, 2.05) is 6.92 Å². The molecule has 17 heavy (non-hydrogen) atoms. The third-order valence-electron chi connectivity index (χ3n) is 1.97. The van der Waals surface area contributed by atoms with Crippen LogP contribution in [0.15, 0.2) is 12.1 Å². The lowest BCUT2D eigenvalue weighted by molar-refractivity contribution is 0.107. The van der Waals surface area contributed by atoms with Gasteiger partial charge in [0.15, 0.2) is 0 Å². The fraction of sp³-hybridized carbons (Fsp3) is 0.364. The summed E-state index contributed by atoms with van der Waals surface area (Å²) in [5, 5.41) is -1.52. The van der Waals surface area contributed by atoms with Gasteiger partial charge in [0.25, 0.3) is 10.5 Å². The molecule has 6 heteroatoms. The van der Waals surface area contributed by atoms with Crippen molar-refractivity contribution in [3.8, 4) is 5.75 Å². The van der Waals surface area contributed by atoms with Crippen LogP contribution in [0.4, 0.5) is 0 Å². The average molecular weight is 276 g/mol. The van der Waals surface area contributed by atoms with Crippen LogP contribution < -0.4 is 4.74 Å². The van der Waals surface area contributed by atoms with Crippen molar-refractivity contribution in [1.29, 1.82) is 0 Å². The molecule has 1 heterocycles. The van der Waals surface area contributed by atoms with Gasteiger partial charge in [-0.2, -0.15) is 0 Å². The van der Waals surface area contributed by atoms with E-state index in [1.165, 1.54) is 12.1 Å². The maximum Gasteiger partial charge on any atom is 0.270 e. The smallest absolute Gasteiger partial charge is 0.270 e. The van der Waals surface area contributed by atoms with Crippen molar-refractivity contribution < 1.29 is 14.3 Å². The summed E-state index contributed by atoms with van der Waals surface area (Å²) in [5.74, 6) is 0.362. The van der Waals surface area contributed by atoms with Gasteiger partial charge in [0, 0.05) is 12.1 Å². The number of hydrogen-bond acceptors (Lipinski definition) is 4. The molecule has 0 radical (unpaired) electrons. The number of carbonyl (C=O) groups is 2. The molecule has 0 N–H and O–H groups in total. The van der Waals surface area contributed by atoms with Gasteiger partial charge in [-0.15, -0.1) is 0 Å². The molecule has 0 unspecified atom stereocenters. The normalized spacial score (nSPS) is 10.1. The zero-order valence-electron chi connectivity index (χ0n) is 9.20. The zero-order chi connectivity index (χ0) is 12.8. The van der Waals surface area contributed by atoms with Crippen LogP contribution in [0.2, 0.25) is 0 Å². The molecule has 1 aromatic rings. The van der Waals surface area contributed by atoms with Crippen LogP contribution in [0.3, 0.4) is 0 Å². The molecule has 0 atom stereocenters. The molecule has 0 aliphatic rings. The molecular formula is C11H11Cl2NO3. The quantitative estimate of drug-likeness (QED) is 0.592. The Labute approximate surface area is 109 Å². The van der Waals surface area contributed by atoms with Gasteiger partial charge in [-0.05, 0) is 29.6 Å². The summed E-state index contributed by atoms with van der Waals surface area (Å²) >= 11 is 10.6. The number of unbranched alkanes of at least 4 members (excludes halogenated alkanes) is 1. The first-order chi connectivity index (χ1) is 8.04. The Kier molecular flexibility index (Phi) is 5.38. The molecule has 0 aliphatic heterocycles. The average Bonchev–Trinajstić information content (AvgIpc) is 2.29. The number of rotatable bonds is 6. The summed E-state index contributed by atoms with van der Waals surface area (Å²) in [5.41, 5.74) is -0.102. The van der Waals surface area contributed by atoms with Gasteiger partial charge in [0.05, 0.1) is 6.61 Å². The number of aromatic nitrogens is 1. The highest BCUT2D eigenvalue weighted by atomic mass is 35.5. The Balaban J connectivity index is 2.95. The second-order valence-corrected chi connectivity index (χ2v) is 4.01. The van der Waals surface area contributed by atoms with E-state index in [2.05, 4.69) is 4.98 Å². The Morgan fingerprint density at radius 3 is 2.18 bits per heavy atom. The number of pyridine rings is 1. The van der Waals surface area contributed by atoms with E-state index in [0.717, 1.165) is 12.8 Å². The lowest BCUT2D eigenvalue weighted by Gasteiger charge is -2.07. The predicted molar refractivity (Wildman–Crippen MR) is 65.0 cm³/mol. The molecule has 0 bridgehead atoms. The van der Waals surface area contributed by atoms with Crippen LogP contribution in [-0.4, -0.2) is 22.1 Å². The van der Waals surface area contributed by atoms with E-state index in [4.69, 9.17) is 27.9 Å². The lowest BCUT2D eigenvalue weighted by Crippen LogP contribution is -2.04. The fourth-order valence-electron chi connectivity index (χ4n) is 1.12. The molecule has 4 nitrogen and oxygen atoms in total. The van der Waals surface area contributed by atoms with Crippen molar-refractivity contribution in [3.63, 3.8) is 0 Å². The molecule has 0 aliphatic carbocycles. The van der Waals surface area contributed by atoms with E-state index in [9.17, 15) is 9.59 Å². The minimum Gasteiger partial charge on any atom is -0.493 e. The summed E-state index contributed by atoms with van der Waals surface area (Å²) in [6, 6.07) is 2.77. The van der Waals surface area contributed by atoms with Gasteiger partial charge in [0.1, 0.15) is 17.1 Å². The van der Waals surface area contributed by atoms with Gasteiger partial charge < -0.3 is 4.74 Å². The molecule has 0 spiro atoms. The highest BCUT2D eigenvalue weighted by Crippen LogP contribution is 2.17. The summed E-state index contributed by atoms with van der Waals surface area (Å²) in [6.07, 6.45) is 1.85. The van der Waals surface area contributed by atoms with E-state index in [1.54, 1.807) is 0 Å². The third kappa shape index (κ3) is 4.32. The molecule has 1 aromatic heterocycles. The Morgan fingerprint density at radius 2 is 1.76 bits per heavy atom. The summed E-state index contributed by atoms with van der Waals surface area (Å²) < 4.78 is 5.37. The van der Waals surface area contributed by atoms with Crippen molar-refractivity contribution in [2.45, 2.75) is 19.8 Å². The Bertz CT molecular complexity index is 402. The number of nitrogens with zero attached hydrogens (tertiary/aromatic N) is 1. The predicted octanol–water partition coefficient (Wildman–Crippen LogP) is 3.02. The van der Waals surface area contributed by atoms with Crippen LogP contribution >= 0.6 is 23.2 Å². The fourth-order valence-corrected chi connectivity index (χ4v) is 1.32. The molecule has 0 saturated heterocycles. The van der Waals surface area contributed by atoms with Crippen LogP contribution in [-0.2, 0) is 0 Å². The van der Waals surface area contributed by atoms with Gasteiger partial charge in [-0.3, -0.25) is 9.59 Å². The highest BCUT2D eigenvalue weighted by molar-refractivity contribution is 6.68. The molecule has 0 aromatic carbocycles. The second kappa shape index (κ2) is 6.57. The first kappa shape index (κ1) is 13.9. The number of halogens is 2. The summed E-state index contributed by atoms with van der Waals surface area (Å²) in [6.45, 7) is 2.52. The second-order valence-electron chi connectivity index (χ2n) is 3.32. The maximum atomic E-state index is 11.0. The number of ether oxygens (including phenoxy) is 1. The van der Waals surface area contributed by atoms with Crippen molar-refractivity contribution in [2.75, 3.05) is 6.61 Å². The molecule has 92 valence electrons. The maximum absolute atomic E-state index is 11.0.